The average molecular weight is 267 g/mol. The summed E-state index contributed by atoms with van der Waals surface area (Å²) < 4.78 is 18.3. The second-order valence-corrected chi connectivity index (χ2v) is 3.90. The molecule has 0 saturated carbocycles. The van der Waals surface area contributed by atoms with Crippen molar-refractivity contribution in [2.24, 2.45) is 0 Å². The molecule has 0 aliphatic heterocycles. The summed E-state index contributed by atoms with van der Waals surface area (Å²) in [5, 5.41) is 0.264. The van der Waals surface area contributed by atoms with Crippen LogP contribution in [0.5, 0.6) is 11.5 Å². The van der Waals surface area contributed by atoms with Crippen molar-refractivity contribution < 1.29 is 9.13 Å². The molecule has 0 heterocycles. The van der Waals surface area contributed by atoms with Gasteiger partial charge in [0.2, 0.25) is 0 Å². The summed E-state index contributed by atoms with van der Waals surface area (Å²) >= 11 is 5.85. The lowest BCUT2D eigenvalue weighted by molar-refractivity contribution is 0.480. The van der Waals surface area contributed by atoms with Crippen LogP contribution in [0.25, 0.3) is 0 Å². The van der Waals surface area contributed by atoms with Gasteiger partial charge < -0.3 is 4.74 Å². The summed E-state index contributed by atoms with van der Waals surface area (Å²) in [4.78, 5) is 0. The Morgan fingerprint density at radius 2 is 1.61 bits per heavy atom. The normalized spacial score (nSPS) is 9.39. The van der Waals surface area contributed by atoms with Crippen LogP contribution >= 0.6 is 11.6 Å². The molecule has 0 radical (unpaired) electrons. The molecular weight excluding hydrogens is 251 g/mol. The average Bonchev–Trinajstić information content (AvgIpc) is 2.38. The minimum Gasteiger partial charge on any atom is -0.456 e. The van der Waals surface area contributed by atoms with E-state index in [9.17, 15) is 4.39 Å². The molecule has 0 aromatic heterocycles. The molecule has 3 heteroatoms. The van der Waals surface area contributed by atoms with Crippen LogP contribution in [0.15, 0.2) is 42.5 Å². The highest BCUT2D eigenvalue weighted by molar-refractivity contribution is 6.32. The largest absolute Gasteiger partial charge is 0.456 e. The van der Waals surface area contributed by atoms with Gasteiger partial charge in [-0.1, -0.05) is 43.1 Å². The Bertz CT molecular complexity index is 494. The van der Waals surface area contributed by atoms with Crippen LogP contribution < -0.4 is 4.74 Å². The van der Waals surface area contributed by atoms with E-state index in [1.54, 1.807) is 0 Å². The van der Waals surface area contributed by atoms with Crippen molar-refractivity contribution in [1.82, 2.24) is 0 Å². The number of halogens is 2. The predicted molar refractivity (Wildman–Crippen MR) is 74.0 cm³/mol. The van der Waals surface area contributed by atoms with Crippen molar-refractivity contribution in [2.75, 3.05) is 0 Å². The van der Waals surface area contributed by atoms with Crippen molar-refractivity contribution in [3.8, 4) is 11.5 Å². The summed E-state index contributed by atoms with van der Waals surface area (Å²) in [6, 6.07) is 11.6. The van der Waals surface area contributed by atoms with Gasteiger partial charge in [-0.25, -0.2) is 4.39 Å². The van der Waals surface area contributed by atoms with Gasteiger partial charge in [-0.05, 0) is 37.3 Å². The fourth-order valence-electron chi connectivity index (χ4n) is 1.29. The Kier molecular flexibility index (Phi) is 5.66. The second kappa shape index (κ2) is 7.02. The molecule has 18 heavy (non-hydrogen) atoms. The molecule has 2 aromatic rings. The van der Waals surface area contributed by atoms with E-state index in [0.29, 0.717) is 11.5 Å². The van der Waals surface area contributed by atoms with Crippen molar-refractivity contribution in [3.63, 3.8) is 0 Å². The van der Waals surface area contributed by atoms with E-state index in [-0.39, 0.29) is 10.8 Å². The standard InChI is InChI=1S/C13H10ClFO.C2H6/c1-9-2-5-11(6-3-9)16-13-7-4-10(15)8-12(13)14;1-2/h2-8H,1H3;1-2H3. The Hall–Kier alpha value is -1.54. The van der Waals surface area contributed by atoms with E-state index >= 15 is 0 Å². The molecule has 0 unspecified atom stereocenters. The Balaban J connectivity index is 0.000000771. The highest BCUT2D eigenvalue weighted by Gasteiger charge is 2.04. The van der Waals surface area contributed by atoms with E-state index in [2.05, 4.69) is 0 Å². The van der Waals surface area contributed by atoms with Gasteiger partial charge in [-0.2, -0.15) is 0 Å². The molecule has 2 aromatic carbocycles. The third-order valence-electron chi connectivity index (χ3n) is 2.14. The fraction of sp³-hybridized carbons (Fsp3) is 0.200. The number of hydrogen-bond donors (Lipinski definition) is 0. The Morgan fingerprint density at radius 1 is 1.00 bits per heavy atom. The smallest absolute Gasteiger partial charge is 0.146 e. The first-order valence-corrected chi connectivity index (χ1v) is 6.22. The second-order valence-electron chi connectivity index (χ2n) is 3.49. The van der Waals surface area contributed by atoms with E-state index in [1.165, 1.54) is 18.2 Å². The van der Waals surface area contributed by atoms with Crippen molar-refractivity contribution in [3.05, 3.63) is 58.9 Å². The maximum Gasteiger partial charge on any atom is 0.146 e. The molecule has 0 amide bonds. The molecule has 0 fully saturated rings. The van der Waals surface area contributed by atoms with Gasteiger partial charge >= 0.3 is 0 Å². The molecule has 0 bridgehead atoms. The number of benzene rings is 2. The van der Waals surface area contributed by atoms with Crippen LogP contribution in [0, 0.1) is 12.7 Å². The topological polar surface area (TPSA) is 9.23 Å². The molecule has 96 valence electrons. The third kappa shape index (κ3) is 4.04. The van der Waals surface area contributed by atoms with Crippen LogP contribution in [0.4, 0.5) is 4.39 Å². The van der Waals surface area contributed by atoms with Gasteiger partial charge in [0.1, 0.15) is 17.3 Å². The molecule has 0 atom stereocenters. The lowest BCUT2D eigenvalue weighted by Crippen LogP contribution is -1.86. The van der Waals surface area contributed by atoms with Crippen molar-refractivity contribution >= 4 is 11.6 Å². The summed E-state index contributed by atoms with van der Waals surface area (Å²) in [5.41, 5.74) is 1.15. The van der Waals surface area contributed by atoms with Crippen LogP contribution in [0.3, 0.4) is 0 Å². The lowest BCUT2D eigenvalue weighted by atomic mass is 10.2. The van der Waals surface area contributed by atoms with Crippen LogP contribution in [0.1, 0.15) is 19.4 Å². The monoisotopic (exact) mass is 266 g/mol. The predicted octanol–water partition coefficient (Wildman–Crippen LogP) is 5.61. The van der Waals surface area contributed by atoms with Crippen LogP contribution in [-0.4, -0.2) is 0 Å². The fourth-order valence-corrected chi connectivity index (χ4v) is 1.50. The number of hydrogen-bond acceptors (Lipinski definition) is 1. The number of rotatable bonds is 2. The first kappa shape index (κ1) is 14.5. The minimum absolute atomic E-state index is 0.264. The molecule has 0 aliphatic carbocycles. The zero-order valence-corrected chi connectivity index (χ0v) is 11.5. The molecule has 0 spiro atoms. The van der Waals surface area contributed by atoms with Gasteiger partial charge in [-0.15, -0.1) is 0 Å². The summed E-state index contributed by atoms with van der Waals surface area (Å²) in [5.74, 6) is 0.757. The molecule has 0 saturated heterocycles. The van der Waals surface area contributed by atoms with E-state index < -0.39 is 0 Å². The lowest BCUT2D eigenvalue weighted by Gasteiger charge is -2.07. The zero-order chi connectivity index (χ0) is 13.5. The quantitative estimate of drug-likeness (QED) is 0.687. The van der Waals surface area contributed by atoms with E-state index in [4.69, 9.17) is 16.3 Å². The summed E-state index contributed by atoms with van der Waals surface area (Å²) in [7, 11) is 0. The summed E-state index contributed by atoms with van der Waals surface area (Å²) in [6.07, 6.45) is 0. The highest BCUT2D eigenvalue weighted by atomic mass is 35.5. The number of ether oxygens (including phenoxy) is 1. The van der Waals surface area contributed by atoms with Crippen molar-refractivity contribution in [2.45, 2.75) is 20.8 Å². The zero-order valence-electron chi connectivity index (χ0n) is 10.7. The molecule has 2 rings (SSSR count). The van der Waals surface area contributed by atoms with E-state index in [1.807, 2.05) is 45.0 Å². The molecule has 0 aliphatic rings. The van der Waals surface area contributed by atoms with Gasteiger partial charge in [0.25, 0.3) is 0 Å². The maximum atomic E-state index is 12.8. The van der Waals surface area contributed by atoms with Gasteiger partial charge in [0, 0.05) is 0 Å². The Labute approximate surface area is 112 Å². The van der Waals surface area contributed by atoms with Crippen LogP contribution in [-0.2, 0) is 0 Å². The molecule has 1 nitrogen and oxygen atoms in total. The van der Waals surface area contributed by atoms with Crippen LogP contribution in [0.2, 0.25) is 5.02 Å². The first-order chi connectivity index (χ1) is 8.65. The third-order valence-corrected chi connectivity index (χ3v) is 2.44. The van der Waals surface area contributed by atoms with Gasteiger partial charge in [0.05, 0.1) is 5.02 Å². The van der Waals surface area contributed by atoms with Gasteiger partial charge in [-0.3, -0.25) is 0 Å². The molecular formula is C15H16ClFO. The molecule has 0 N–H and O–H groups in total. The highest BCUT2D eigenvalue weighted by Crippen LogP contribution is 2.29. The summed E-state index contributed by atoms with van der Waals surface area (Å²) in [6.45, 7) is 5.99. The number of aryl methyl sites for hydroxylation is 1. The first-order valence-electron chi connectivity index (χ1n) is 5.85. The maximum absolute atomic E-state index is 12.8. The van der Waals surface area contributed by atoms with Crippen molar-refractivity contribution in [1.29, 1.82) is 0 Å². The SMILES string of the molecule is CC.Cc1ccc(Oc2ccc(F)cc2Cl)cc1. The van der Waals surface area contributed by atoms with Gasteiger partial charge in [0.15, 0.2) is 0 Å². The Morgan fingerprint density at radius 3 is 2.17 bits per heavy atom. The minimum atomic E-state index is -0.374. The van der Waals surface area contributed by atoms with E-state index in [0.717, 1.165) is 5.56 Å².